The molecule has 1 aromatic heterocycles. The number of anilines is 2. The summed E-state index contributed by atoms with van der Waals surface area (Å²) in [6.45, 7) is 5.73. The normalized spacial score (nSPS) is 10.9. The monoisotopic (exact) mass is 338 g/mol. The molecule has 0 saturated carbocycles. The van der Waals surface area contributed by atoms with Gasteiger partial charge in [-0.3, -0.25) is 4.79 Å². The first-order chi connectivity index (χ1) is 11.9. The smallest absolute Gasteiger partial charge is 0.259 e. The van der Waals surface area contributed by atoms with E-state index in [1.54, 1.807) is 7.11 Å². The molecule has 25 heavy (non-hydrogen) atoms. The molecule has 130 valence electrons. The Morgan fingerprint density at radius 1 is 1.20 bits per heavy atom. The molecule has 0 saturated heterocycles. The van der Waals surface area contributed by atoms with Gasteiger partial charge < -0.3 is 20.8 Å². The summed E-state index contributed by atoms with van der Waals surface area (Å²) in [6, 6.07) is 5.77. The van der Waals surface area contributed by atoms with Crippen molar-refractivity contribution in [3.63, 3.8) is 0 Å². The quantitative estimate of drug-likeness (QED) is 0.638. The summed E-state index contributed by atoms with van der Waals surface area (Å²) in [7, 11) is 3.41. The third-order valence-electron chi connectivity index (χ3n) is 4.56. The van der Waals surface area contributed by atoms with E-state index in [1.165, 1.54) is 0 Å². The van der Waals surface area contributed by atoms with Crippen LogP contribution in [-0.2, 0) is 0 Å². The molecule has 0 radical (unpaired) electrons. The molecule has 0 unspecified atom stereocenters. The first-order valence-corrected chi connectivity index (χ1v) is 8.04. The van der Waals surface area contributed by atoms with Crippen LogP contribution in [0.5, 0.6) is 5.75 Å². The minimum absolute atomic E-state index is 0.210. The van der Waals surface area contributed by atoms with Gasteiger partial charge in [0.15, 0.2) is 0 Å². The predicted octanol–water partition coefficient (Wildman–Crippen LogP) is 3.15. The minimum atomic E-state index is -0.210. The third-order valence-corrected chi connectivity index (χ3v) is 4.56. The summed E-state index contributed by atoms with van der Waals surface area (Å²) in [6.07, 6.45) is 0. The molecule has 1 heterocycles. The fourth-order valence-electron chi connectivity index (χ4n) is 3.19. The maximum atomic E-state index is 12.8. The van der Waals surface area contributed by atoms with Gasteiger partial charge >= 0.3 is 0 Å². The molecule has 6 heteroatoms. The van der Waals surface area contributed by atoms with Crippen molar-refractivity contribution in [3.05, 3.63) is 45.2 Å². The second-order valence-electron chi connectivity index (χ2n) is 6.13. The number of hydrogen-bond donors (Lipinski definition) is 3. The van der Waals surface area contributed by atoms with Crippen LogP contribution in [-0.4, -0.2) is 24.1 Å². The largest absolute Gasteiger partial charge is 0.496 e. The van der Waals surface area contributed by atoms with Crippen molar-refractivity contribution in [1.82, 2.24) is 9.97 Å². The minimum Gasteiger partial charge on any atom is -0.496 e. The highest BCUT2D eigenvalue weighted by atomic mass is 16.5. The lowest BCUT2D eigenvalue weighted by Gasteiger charge is -2.16. The zero-order valence-electron chi connectivity index (χ0n) is 15.1. The molecule has 0 fully saturated rings. The van der Waals surface area contributed by atoms with Crippen LogP contribution in [0.3, 0.4) is 0 Å². The highest BCUT2D eigenvalue weighted by Crippen LogP contribution is 2.34. The lowest BCUT2D eigenvalue weighted by molar-refractivity contribution is 0.416. The van der Waals surface area contributed by atoms with Crippen LogP contribution in [0.15, 0.2) is 23.0 Å². The van der Waals surface area contributed by atoms with Crippen molar-refractivity contribution in [2.45, 2.75) is 20.8 Å². The van der Waals surface area contributed by atoms with Gasteiger partial charge in [0.05, 0.1) is 35.0 Å². The van der Waals surface area contributed by atoms with E-state index < -0.39 is 0 Å². The first-order valence-electron chi connectivity index (χ1n) is 8.04. The molecule has 0 aliphatic rings. The Kier molecular flexibility index (Phi) is 4.12. The maximum Gasteiger partial charge on any atom is 0.259 e. The van der Waals surface area contributed by atoms with E-state index in [9.17, 15) is 4.79 Å². The van der Waals surface area contributed by atoms with Crippen LogP contribution in [0.2, 0.25) is 0 Å². The number of H-pyrrole nitrogens is 1. The predicted molar refractivity (Wildman–Crippen MR) is 103 cm³/mol. The molecule has 0 aliphatic heterocycles. The van der Waals surface area contributed by atoms with Crippen LogP contribution in [0.4, 0.5) is 11.4 Å². The van der Waals surface area contributed by atoms with Crippen LogP contribution in [0, 0.1) is 20.8 Å². The number of aryl methyl sites for hydroxylation is 3. The number of nitrogen functional groups attached to an aromatic ring is 1. The van der Waals surface area contributed by atoms with Gasteiger partial charge in [0, 0.05) is 12.6 Å². The summed E-state index contributed by atoms with van der Waals surface area (Å²) < 4.78 is 5.43. The van der Waals surface area contributed by atoms with E-state index in [1.807, 2.05) is 46.0 Å². The molecule has 0 amide bonds. The number of hydrogen-bond acceptors (Lipinski definition) is 5. The molecule has 0 atom stereocenters. The van der Waals surface area contributed by atoms with Gasteiger partial charge in [-0.25, -0.2) is 4.98 Å². The number of nitrogens with zero attached hydrogens (tertiary/aromatic N) is 1. The molecular weight excluding hydrogens is 316 g/mol. The van der Waals surface area contributed by atoms with Crippen LogP contribution < -0.4 is 21.3 Å². The topological polar surface area (TPSA) is 93.0 Å². The van der Waals surface area contributed by atoms with E-state index in [0.717, 1.165) is 27.9 Å². The standard InChI is InChI=1S/C19H22N4O2/c1-9-6-7-13(25-5)12(8-9)18-22-16-11(3)17(21-4)15(20)10(2)14(16)19(24)23-18/h6-8,21H,20H2,1-5H3,(H,22,23,24). The van der Waals surface area contributed by atoms with Crippen LogP contribution in [0.1, 0.15) is 16.7 Å². The summed E-state index contributed by atoms with van der Waals surface area (Å²) in [5, 5.41) is 3.62. The number of nitrogens with two attached hydrogens (primary N) is 1. The Bertz CT molecular complexity index is 1040. The van der Waals surface area contributed by atoms with Gasteiger partial charge in [-0.05, 0) is 38.5 Å². The highest BCUT2D eigenvalue weighted by Gasteiger charge is 2.18. The molecule has 3 aromatic rings. The fraction of sp³-hybridized carbons (Fsp3) is 0.263. The lowest BCUT2D eigenvalue weighted by Crippen LogP contribution is -2.14. The van der Waals surface area contributed by atoms with E-state index in [0.29, 0.717) is 28.2 Å². The number of nitrogens with one attached hydrogen (secondary N) is 2. The van der Waals surface area contributed by atoms with Crippen molar-refractivity contribution in [3.8, 4) is 17.1 Å². The van der Waals surface area contributed by atoms with Gasteiger partial charge in [0.25, 0.3) is 5.56 Å². The van der Waals surface area contributed by atoms with E-state index in [-0.39, 0.29) is 5.56 Å². The van der Waals surface area contributed by atoms with E-state index in [2.05, 4.69) is 10.3 Å². The van der Waals surface area contributed by atoms with Gasteiger partial charge in [-0.2, -0.15) is 0 Å². The summed E-state index contributed by atoms with van der Waals surface area (Å²) in [4.78, 5) is 20.4. The van der Waals surface area contributed by atoms with Gasteiger partial charge in [0.2, 0.25) is 0 Å². The number of fused-ring (bicyclic) bond motifs is 1. The van der Waals surface area contributed by atoms with Gasteiger partial charge in [-0.1, -0.05) is 11.6 Å². The number of methoxy groups -OCH3 is 1. The second kappa shape index (κ2) is 6.12. The van der Waals surface area contributed by atoms with Crippen molar-refractivity contribution >= 4 is 22.3 Å². The zero-order valence-corrected chi connectivity index (χ0v) is 15.1. The van der Waals surface area contributed by atoms with Crippen molar-refractivity contribution < 1.29 is 4.74 Å². The molecular formula is C19H22N4O2. The van der Waals surface area contributed by atoms with Crippen molar-refractivity contribution in [2.75, 3.05) is 25.2 Å². The second-order valence-corrected chi connectivity index (χ2v) is 6.13. The Labute approximate surface area is 146 Å². The summed E-state index contributed by atoms with van der Waals surface area (Å²) in [5.74, 6) is 1.14. The first kappa shape index (κ1) is 16.8. The number of rotatable bonds is 3. The number of ether oxygens (including phenoxy) is 1. The Hall–Kier alpha value is -3.02. The lowest BCUT2D eigenvalue weighted by atomic mass is 10.0. The number of benzene rings is 2. The van der Waals surface area contributed by atoms with Crippen LogP contribution >= 0.6 is 0 Å². The van der Waals surface area contributed by atoms with E-state index in [4.69, 9.17) is 15.5 Å². The van der Waals surface area contributed by atoms with E-state index >= 15 is 0 Å². The van der Waals surface area contributed by atoms with Crippen molar-refractivity contribution in [2.24, 2.45) is 0 Å². The molecule has 2 aromatic carbocycles. The summed E-state index contributed by atoms with van der Waals surface area (Å²) in [5.41, 5.74) is 11.4. The van der Waals surface area contributed by atoms with Gasteiger partial charge in [-0.15, -0.1) is 0 Å². The molecule has 0 spiro atoms. The highest BCUT2D eigenvalue weighted by molar-refractivity contribution is 5.96. The number of aromatic nitrogens is 2. The SMILES string of the molecule is CNc1c(N)c(C)c2c(=O)[nH]c(-c3cc(C)ccc3OC)nc2c1C. The molecule has 0 bridgehead atoms. The summed E-state index contributed by atoms with van der Waals surface area (Å²) >= 11 is 0. The fourth-order valence-corrected chi connectivity index (χ4v) is 3.19. The third kappa shape index (κ3) is 2.59. The average molecular weight is 338 g/mol. The maximum absolute atomic E-state index is 12.8. The molecule has 6 nitrogen and oxygen atoms in total. The Morgan fingerprint density at radius 3 is 2.56 bits per heavy atom. The number of aromatic amines is 1. The van der Waals surface area contributed by atoms with Crippen LogP contribution in [0.25, 0.3) is 22.3 Å². The Morgan fingerprint density at radius 2 is 1.92 bits per heavy atom. The molecule has 0 aliphatic carbocycles. The molecule has 3 rings (SSSR count). The zero-order chi connectivity index (χ0) is 18.3. The molecule has 4 N–H and O–H groups in total. The average Bonchev–Trinajstić information content (AvgIpc) is 2.59. The Balaban J connectivity index is 2.42. The van der Waals surface area contributed by atoms with Crippen molar-refractivity contribution in [1.29, 1.82) is 0 Å². The van der Waals surface area contributed by atoms with Gasteiger partial charge in [0.1, 0.15) is 11.6 Å².